The molecule has 48 heavy (non-hydrogen) atoms. The van der Waals surface area contributed by atoms with Gasteiger partial charge in [0.25, 0.3) is 0 Å². The second-order valence-electron chi connectivity index (χ2n) is 12.9. The van der Waals surface area contributed by atoms with Gasteiger partial charge in [0.15, 0.2) is 0 Å². The quantitative estimate of drug-likeness (QED) is 0.0463. The number of benzene rings is 3. The molecule has 3 rings (SSSR count). The van der Waals surface area contributed by atoms with Crippen LogP contribution < -0.4 is 18.9 Å². The number of carbonyl (C=O) groups is 1. The Morgan fingerprint density at radius 2 is 0.833 bits per heavy atom. The van der Waals surface area contributed by atoms with Crippen molar-refractivity contribution in [3.63, 3.8) is 0 Å². The molecule has 0 unspecified atom stereocenters. The van der Waals surface area contributed by atoms with Crippen molar-refractivity contribution in [3.05, 3.63) is 72.3 Å². The molecular weight excluding hydrogens is 596 g/mol. The Bertz CT molecular complexity index is 1250. The highest BCUT2D eigenvalue weighted by Gasteiger charge is 2.17. The van der Waals surface area contributed by atoms with Crippen LogP contribution in [-0.2, 0) is 0 Å². The lowest BCUT2D eigenvalue weighted by atomic mass is 10.1. The molecular formula is C43H62O5. The summed E-state index contributed by atoms with van der Waals surface area (Å²) in [5.74, 6) is 2.17. The number of carbonyl (C=O) groups excluding carboxylic acids is 1. The second kappa shape index (κ2) is 24.6. The molecule has 264 valence electrons. The second-order valence-corrected chi connectivity index (χ2v) is 12.9. The van der Waals surface area contributed by atoms with E-state index in [9.17, 15) is 4.79 Å². The van der Waals surface area contributed by atoms with Gasteiger partial charge >= 0.3 is 5.97 Å². The SMILES string of the molecule is CCCCCCCCCCCOc1ccc(-c2ccc(OC(=O)c3ccc(OCCCCCCCC)cc3OCCCCC)cc2)cc1. The molecule has 0 heterocycles. The van der Waals surface area contributed by atoms with Gasteiger partial charge in [-0.3, -0.25) is 0 Å². The van der Waals surface area contributed by atoms with Crippen LogP contribution in [0, 0.1) is 0 Å². The van der Waals surface area contributed by atoms with Crippen LogP contribution in [0.15, 0.2) is 66.7 Å². The van der Waals surface area contributed by atoms with Crippen LogP contribution in [-0.4, -0.2) is 25.8 Å². The van der Waals surface area contributed by atoms with Crippen molar-refractivity contribution in [1.29, 1.82) is 0 Å². The molecule has 0 saturated carbocycles. The molecule has 0 aromatic heterocycles. The Labute approximate surface area is 291 Å². The monoisotopic (exact) mass is 658 g/mol. The van der Waals surface area contributed by atoms with E-state index in [2.05, 4.69) is 32.9 Å². The zero-order chi connectivity index (χ0) is 34.1. The Hall–Kier alpha value is -3.47. The van der Waals surface area contributed by atoms with Crippen molar-refractivity contribution in [2.75, 3.05) is 19.8 Å². The summed E-state index contributed by atoms with van der Waals surface area (Å²) < 4.78 is 23.8. The minimum atomic E-state index is -0.441. The standard InChI is InChI=1S/C43H62O5/c1-4-7-10-12-14-15-16-18-20-32-45-38-26-22-36(23-27-38)37-24-28-39(29-25-37)48-43(44)41-31-30-40(35-42(41)47-34-19-9-6-3)46-33-21-17-13-11-8-5-2/h22-31,35H,4-21,32-34H2,1-3H3. The average Bonchev–Trinajstić information content (AvgIpc) is 3.11. The normalized spacial score (nSPS) is 11.0. The maximum Gasteiger partial charge on any atom is 0.347 e. The van der Waals surface area contributed by atoms with E-state index in [0.29, 0.717) is 30.3 Å². The number of ether oxygens (including phenoxy) is 4. The van der Waals surface area contributed by atoms with E-state index in [1.54, 1.807) is 6.07 Å². The fourth-order valence-corrected chi connectivity index (χ4v) is 5.71. The van der Waals surface area contributed by atoms with Crippen LogP contribution in [0.2, 0.25) is 0 Å². The summed E-state index contributed by atoms with van der Waals surface area (Å²) in [6, 6.07) is 21.2. The van der Waals surface area contributed by atoms with Crippen molar-refractivity contribution in [2.24, 2.45) is 0 Å². The molecule has 0 aliphatic carbocycles. The van der Waals surface area contributed by atoms with Gasteiger partial charge in [-0.05, 0) is 66.8 Å². The van der Waals surface area contributed by atoms with E-state index in [1.165, 1.54) is 83.5 Å². The van der Waals surface area contributed by atoms with E-state index < -0.39 is 5.97 Å². The molecule has 0 radical (unpaired) electrons. The number of esters is 1. The lowest BCUT2D eigenvalue weighted by Gasteiger charge is -2.14. The van der Waals surface area contributed by atoms with Gasteiger partial charge in [-0.15, -0.1) is 0 Å². The van der Waals surface area contributed by atoms with E-state index in [4.69, 9.17) is 18.9 Å². The fraction of sp³-hybridized carbons (Fsp3) is 0.558. The smallest absolute Gasteiger partial charge is 0.347 e. The van der Waals surface area contributed by atoms with Gasteiger partial charge in [-0.2, -0.15) is 0 Å². The van der Waals surface area contributed by atoms with Gasteiger partial charge in [0.2, 0.25) is 0 Å². The molecule has 0 atom stereocenters. The molecule has 5 heteroatoms. The predicted molar refractivity (Wildman–Crippen MR) is 200 cm³/mol. The number of rotatable bonds is 27. The maximum absolute atomic E-state index is 13.3. The summed E-state index contributed by atoms with van der Waals surface area (Å²) in [4.78, 5) is 13.3. The number of unbranched alkanes of at least 4 members (excludes halogenated alkanes) is 15. The third-order valence-electron chi connectivity index (χ3n) is 8.71. The van der Waals surface area contributed by atoms with Crippen LogP contribution in [0.4, 0.5) is 0 Å². The Kier molecular flexibility index (Phi) is 20.0. The summed E-state index contributed by atoms with van der Waals surface area (Å²) in [5, 5.41) is 0. The Morgan fingerprint density at radius 1 is 0.438 bits per heavy atom. The van der Waals surface area contributed by atoms with Crippen molar-refractivity contribution < 1.29 is 23.7 Å². The zero-order valence-electron chi connectivity index (χ0n) is 30.2. The van der Waals surface area contributed by atoms with Crippen LogP contribution in [0.25, 0.3) is 11.1 Å². The van der Waals surface area contributed by atoms with Gasteiger partial charge in [-0.1, -0.05) is 141 Å². The molecule has 3 aromatic carbocycles. The third kappa shape index (κ3) is 15.6. The van der Waals surface area contributed by atoms with Crippen molar-refractivity contribution in [3.8, 4) is 34.1 Å². The van der Waals surface area contributed by atoms with Crippen LogP contribution in [0.1, 0.15) is 147 Å². The lowest BCUT2D eigenvalue weighted by molar-refractivity contribution is 0.0730. The summed E-state index contributed by atoms with van der Waals surface area (Å²) in [6.07, 6.45) is 22.2. The highest BCUT2D eigenvalue weighted by molar-refractivity contribution is 5.94. The molecule has 0 aliphatic heterocycles. The summed E-state index contributed by atoms with van der Waals surface area (Å²) >= 11 is 0. The molecule has 0 saturated heterocycles. The van der Waals surface area contributed by atoms with E-state index in [-0.39, 0.29) is 0 Å². The molecule has 0 fully saturated rings. The summed E-state index contributed by atoms with van der Waals surface area (Å²) in [7, 11) is 0. The minimum absolute atomic E-state index is 0.403. The van der Waals surface area contributed by atoms with Gasteiger partial charge < -0.3 is 18.9 Å². The lowest BCUT2D eigenvalue weighted by Crippen LogP contribution is -2.12. The molecule has 0 aliphatic rings. The molecule has 0 amide bonds. The average molecular weight is 659 g/mol. The third-order valence-corrected chi connectivity index (χ3v) is 8.71. The number of hydrogen-bond donors (Lipinski definition) is 0. The van der Waals surface area contributed by atoms with Gasteiger partial charge in [0, 0.05) is 6.07 Å². The van der Waals surface area contributed by atoms with Crippen molar-refractivity contribution >= 4 is 5.97 Å². The largest absolute Gasteiger partial charge is 0.494 e. The molecule has 3 aromatic rings. The van der Waals surface area contributed by atoms with Crippen molar-refractivity contribution in [1.82, 2.24) is 0 Å². The van der Waals surface area contributed by atoms with Crippen LogP contribution >= 0.6 is 0 Å². The Balaban J connectivity index is 1.47. The fourth-order valence-electron chi connectivity index (χ4n) is 5.71. The molecule has 5 nitrogen and oxygen atoms in total. The highest BCUT2D eigenvalue weighted by atomic mass is 16.5. The topological polar surface area (TPSA) is 54.0 Å². The first-order valence-corrected chi connectivity index (χ1v) is 19.1. The summed E-state index contributed by atoms with van der Waals surface area (Å²) in [6.45, 7) is 8.63. The first-order valence-electron chi connectivity index (χ1n) is 19.1. The van der Waals surface area contributed by atoms with E-state index in [1.807, 2.05) is 48.5 Å². The highest BCUT2D eigenvalue weighted by Crippen LogP contribution is 2.29. The van der Waals surface area contributed by atoms with Crippen LogP contribution in [0.5, 0.6) is 23.0 Å². The molecule has 0 bridgehead atoms. The number of hydrogen-bond acceptors (Lipinski definition) is 5. The van der Waals surface area contributed by atoms with Gasteiger partial charge in [0.1, 0.15) is 28.6 Å². The summed E-state index contributed by atoms with van der Waals surface area (Å²) in [5.41, 5.74) is 2.54. The molecule has 0 N–H and O–H groups in total. The van der Waals surface area contributed by atoms with Gasteiger partial charge in [0.05, 0.1) is 19.8 Å². The molecule has 0 spiro atoms. The zero-order valence-corrected chi connectivity index (χ0v) is 30.2. The van der Waals surface area contributed by atoms with E-state index in [0.717, 1.165) is 61.3 Å². The van der Waals surface area contributed by atoms with Gasteiger partial charge in [-0.25, -0.2) is 4.79 Å². The first-order chi connectivity index (χ1) is 23.6. The Morgan fingerprint density at radius 3 is 1.38 bits per heavy atom. The van der Waals surface area contributed by atoms with E-state index >= 15 is 0 Å². The van der Waals surface area contributed by atoms with Crippen LogP contribution in [0.3, 0.4) is 0 Å². The first kappa shape index (κ1) is 39.0. The minimum Gasteiger partial charge on any atom is -0.494 e. The maximum atomic E-state index is 13.3. The van der Waals surface area contributed by atoms with Crippen molar-refractivity contribution in [2.45, 2.75) is 136 Å². The predicted octanol–water partition coefficient (Wildman–Crippen LogP) is 12.8.